The standard InChI is InChI=1S/C26H20N2O2S2.C12H10O2S2/c29-25(19-11-3-1-4-12-19)27-21-15-7-9-17-23(21)31-32-24-18-10-8-16-22(24)28-26(30)20-13-5-2-6-14-20;13-9-3-1-5-11(7-9)15-16-12-6-2-4-10(14)8-12/h1-18H,(H,27,29)(H,28,30);1-8,13-14H. The van der Waals surface area contributed by atoms with Crippen molar-refractivity contribution >= 4 is 66.4 Å². The molecule has 4 N–H and O–H groups in total. The van der Waals surface area contributed by atoms with Crippen LogP contribution < -0.4 is 10.6 Å². The van der Waals surface area contributed by atoms with E-state index < -0.39 is 0 Å². The van der Waals surface area contributed by atoms with Crippen LogP contribution >= 0.6 is 43.2 Å². The minimum Gasteiger partial charge on any atom is -0.508 e. The average molecular weight is 707 g/mol. The van der Waals surface area contributed by atoms with E-state index in [2.05, 4.69) is 10.6 Å². The number of amides is 2. The molecular formula is C38H30N2O4S4. The van der Waals surface area contributed by atoms with Crippen LogP contribution in [0.3, 0.4) is 0 Å². The zero-order chi connectivity index (χ0) is 33.6. The number of hydrogen-bond donors (Lipinski definition) is 4. The van der Waals surface area contributed by atoms with Gasteiger partial charge >= 0.3 is 0 Å². The molecule has 0 bridgehead atoms. The molecule has 0 saturated carbocycles. The second kappa shape index (κ2) is 18.0. The first-order valence-electron chi connectivity index (χ1n) is 14.6. The monoisotopic (exact) mass is 706 g/mol. The Hall–Kier alpha value is -4.74. The van der Waals surface area contributed by atoms with E-state index in [-0.39, 0.29) is 23.3 Å². The van der Waals surface area contributed by atoms with Crippen LogP contribution in [0, 0.1) is 0 Å². The summed E-state index contributed by atoms with van der Waals surface area (Å²) >= 11 is 0. The molecule has 6 rings (SSSR count). The number of carbonyl (C=O) groups excluding carboxylic acids is 2. The molecule has 0 aliphatic rings. The van der Waals surface area contributed by atoms with Crippen molar-refractivity contribution in [2.75, 3.05) is 10.6 Å². The molecule has 0 fully saturated rings. The van der Waals surface area contributed by atoms with E-state index in [1.807, 2.05) is 97.1 Å². The highest BCUT2D eigenvalue weighted by atomic mass is 33.1. The molecule has 10 heteroatoms. The Morgan fingerprint density at radius 3 is 1.19 bits per heavy atom. The molecule has 6 aromatic rings. The zero-order valence-electron chi connectivity index (χ0n) is 25.4. The molecule has 0 saturated heterocycles. The number of nitrogens with one attached hydrogen (secondary N) is 2. The largest absolute Gasteiger partial charge is 0.508 e. The second-order valence-electron chi connectivity index (χ2n) is 9.96. The molecule has 0 atom stereocenters. The first kappa shape index (κ1) is 34.6. The summed E-state index contributed by atoms with van der Waals surface area (Å²) in [5.74, 6) is 0.223. The Morgan fingerprint density at radius 1 is 0.417 bits per heavy atom. The summed E-state index contributed by atoms with van der Waals surface area (Å²) in [6.45, 7) is 0. The van der Waals surface area contributed by atoms with Gasteiger partial charge in [0, 0.05) is 30.7 Å². The summed E-state index contributed by atoms with van der Waals surface area (Å²) in [6.07, 6.45) is 0. The maximum Gasteiger partial charge on any atom is 0.255 e. The van der Waals surface area contributed by atoms with Gasteiger partial charge in [0.2, 0.25) is 0 Å². The predicted molar refractivity (Wildman–Crippen MR) is 201 cm³/mol. The van der Waals surface area contributed by atoms with Crippen molar-refractivity contribution in [3.63, 3.8) is 0 Å². The Balaban J connectivity index is 0.000000236. The number of para-hydroxylation sites is 2. The van der Waals surface area contributed by atoms with E-state index in [4.69, 9.17) is 0 Å². The smallest absolute Gasteiger partial charge is 0.255 e. The highest BCUT2D eigenvalue weighted by Gasteiger charge is 2.13. The van der Waals surface area contributed by atoms with Crippen LogP contribution in [0.5, 0.6) is 11.5 Å². The van der Waals surface area contributed by atoms with Crippen molar-refractivity contribution in [1.82, 2.24) is 0 Å². The molecule has 240 valence electrons. The van der Waals surface area contributed by atoms with Gasteiger partial charge in [0.25, 0.3) is 11.8 Å². The highest BCUT2D eigenvalue weighted by Crippen LogP contribution is 2.43. The van der Waals surface area contributed by atoms with Crippen molar-refractivity contribution < 1.29 is 19.8 Å². The van der Waals surface area contributed by atoms with Gasteiger partial charge in [-0.2, -0.15) is 0 Å². The van der Waals surface area contributed by atoms with Crippen LogP contribution in [0.1, 0.15) is 20.7 Å². The van der Waals surface area contributed by atoms with Crippen LogP contribution in [-0.4, -0.2) is 22.0 Å². The van der Waals surface area contributed by atoms with Gasteiger partial charge in [-0.05, 0) is 84.9 Å². The average Bonchev–Trinajstić information content (AvgIpc) is 3.12. The number of rotatable bonds is 10. The minimum absolute atomic E-state index is 0.154. The van der Waals surface area contributed by atoms with Gasteiger partial charge in [0.1, 0.15) is 11.5 Å². The lowest BCUT2D eigenvalue weighted by Crippen LogP contribution is -2.12. The van der Waals surface area contributed by atoms with E-state index in [1.165, 1.54) is 21.6 Å². The molecule has 48 heavy (non-hydrogen) atoms. The maximum absolute atomic E-state index is 12.6. The van der Waals surface area contributed by atoms with Crippen molar-refractivity contribution in [1.29, 1.82) is 0 Å². The van der Waals surface area contributed by atoms with Gasteiger partial charge in [-0.1, -0.05) is 116 Å². The van der Waals surface area contributed by atoms with E-state index in [0.717, 1.165) is 31.0 Å². The fourth-order valence-corrected chi connectivity index (χ4v) is 8.38. The summed E-state index contributed by atoms with van der Waals surface area (Å²) in [4.78, 5) is 29.0. The second-order valence-corrected chi connectivity index (χ2v) is 14.4. The topological polar surface area (TPSA) is 98.7 Å². The Bertz CT molecular complexity index is 1820. The number of aromatic hydroxyl groups is 2. The third-order valence-electron chi connectivity index (χ3n) is 6.43. The summed E-state index contributed by atoms with van der Waals surface area (Å²) in [5, 5.41) is 24.6. The number of anilines is 2. The molecule has 2 amide bonds. The van der Waals surface area contributed by atoms with Gasteiger partial charge < -0.3 is 20.8 Å². The van der Waals surface area contributed by atoms with Crippen LogP contribution in [0.15, 0.2) is 177 Å². The van der Waals surface area contributed by atoms with Crippen molar-refractivity contribution in [3.8, 4) is 11.5 Å². The number of phenolic OH excluding ortho intramolecular Hbond substituents is 2. The van der Waals surface area contributed by atoms with Gasteiger partial charge in [-0.15, -0.1) is 0 Å². The SMILES string of the molecule is O=C(Nc1ccccc1SSc1ccccc1NC(=O)c1ccccc1)c1ccccc1.Oc1cccc(SSc2cccc(O)c2)c1. The first-order valence-corrected chi connectivity index (χ1v) is 18.9. The van der Waals surface area contributed by atoms with Crippen molar-refractivity contribution in [2.45, 2.75) is 19.6 Å². The summed E-state index contributed by atoms with van der Waals surface area (Å²) in [7, 11) is 6.13. The Kier molecular flexibility index (Phi) is 13.0. The number of carbonyl (C=O) groups is 2. The molecule has 6 aromatic carbocycles. The lowest BCUT2D eigenvalue weighted by Gasteiger charge is -2.13. The summed E-state index contributed by atoms with van der Waals surface area (Å²) < 4.78 is 0. The molecule has 0 radical (unpaired) electrons. The van der Waals surface area contributed by atoms with Crippen LogP contribution in [0.25, 0.3) is 0 Å². The third kappa shape index (κ3) is 10.6. The van der Waals surface area contributed by atoms with E-state index >= 15 is 0 Å². The molecular weight excluding hydrogens is 677 g/mol. The predicted octanol–water partition coefficient (Wildman–Crippen LogP) is 10.9. The molecule has 6 nitrogen and oxygen atoms in total. The molecule has 0 aliphatic heterocycles. The molecule has 0 aromatic heterocycles. The highest BCUT2D eigenvalue weighted by molar-refractivity contribution is 8.77. The van der Waals surface area contributed by atoms with Crippen LogP contribution in [0.4, 0.5) is 11.4 Å². The molecule has 0 unspecified atom stereocenters. The normalized spacial score (nSPS) is 10.3. The third-order valence-corrected chi connectivity index (χ3v) is 11.3. The maximum atomic E-state index is 12.6. The van der Waals surface area contributed by atoms with E-state index in [9.17, 15) is 19.8 Å². The fraction of sp³-hybridized carbons (Fsp3) is 0. The Morgan fingerprint density at radius 2 is 0.792 bits per heavy atom. The molecule has 0 aliphatic carbocycles. The van der Waals surface area contributed by atoms with Crippen LogP contribution in [-0.2, 0) is 0 Å². The lowest BCUT2D eigenvalue weighted by atomic mass is 10.2. The molecule has 0 spiro atoms. The van der Waals surface area contributed by atoms with Gasteiger partial charge in [0.15, 0.2) is 0 Å². The number of phenols is 2. The Labute approximate surface area is 295 Å². The number of benzene rings is 6. The lowest BCUT2D eigenvalue weighted by molar-refractivity contribution is 0.101. The van der Waals surface area contributed by atoms with Gasteiger partial charge in [-0.3, -0.25) is 9.59 Å². The van der Waals surface area contributed by atoms with Gasteiger partial charge in [0.05, 0.1) is 11.4 Å². The van der Waals surface area contributed by atoms with Crippen molar-refractivity contribution in [3.05, 3.63) is 169 Å². The zero-order valence-corrected chi connectivity index (χ0v) is 28.6. The van der Waals surface area contributed by atoms with Crippen LogP contribution in [0.2, 0.25) is 0 Å². The van der Waals surface area contributed by atoms with Gasteiger partial charge in [-0.25, -0.2) is 0 Å². The minimum atomic E-state index is -0.154. The summed E-state index contributed by atoms with van der Waals surface area (Å²) in [6, 6.07) is 47.8. The summed E-state index contributed by atoms with van der Waals surface area (Å²) in [5.41, 5.74) is 2.69. The van der Waals surface area contributed by atoms with E-state index in [0.29, 0.717) is 11.1 Å². The van der Waals surface area contributed by atoms with Crippen molar-refractivity contribution in [2.24, 2.45) is 0 Å². The number of hydrogen-bond acceptors (Lipinski definition) is 8. The molecule has 0 heterocycles. The van der Waals surface area contributed by atoms with E-state index in [1.54, 1.807) is 82.3 Å². The first-order chi connectivity index (χ1) is 23.4. The quantitative estimate of drug-likeness (QED) is 0.105. The fourth-order valence-electron chi connectivity index (χ4n) is 4.11.